The Kier molecular flexibility index (Phi) is 6.95. The number of rotatable bonds is 8. The van der Waals surface area contributed by atoms with Crippen LogP contribution in [0.1, 0.15) is 41.9 Å². The maximum Gasteiger partial charge on any atom is 0.330 e. The summed E-state index contributed by atoms with van der Waals surface area (Å²) in [6, 6.07) is 9.57. The fourth-order valence-corrected chi connectivity index (χ4v) is 2.70. The van der Waals surface area contributed by atoms with Gasteiger partial charge in [0.15, 0.2) is 0 Å². The molecule has 0 saturated carbocycles. The van der Waals surface area contributed by atoms with Crippen molar-refractivity contribution in [1.29, 1.82) is 0 Å². The molecular weight excluding hydrogens is 330 g/mol. The summed E-state index contributed by atoms with van der Waals surface area (Å²) in [4.78, 5) is 24.0. The Morgan fingerprint density at radius 3 is 2.50 bits per heavy atom. The first kappa shape index (κ1) is 19.7. The van der Waals surface area contributed by atoms with Crippen LogP contribution in [0.4, 0.5) is 0 Å². The van der Waals surface area contributed by atoms with Crippen LogP contribution in [-0.2, 0) is 20.7 Å². The van der Waals surface area contributed by atoms with Crippen molar-refractivity contribution in [2.24, 2.45) is 0 Å². The van der Waals surface area contributed by atoms with Gasteiger partial charge in [-0.2, -0.15) is 5.10 Å². The Bertz CT molecular complexity index is 750. The Balaban J connectivity index is 1.66. The lowest BCUT2D eigenvalue weighted by atomic mass is 10.1. The van der Waals surface area contributed by atoms with Crippen molar-refractivity contribution in [2.75, 3.05) is 13.2 Å². The minimum absolute atomic E-state index is 0.0479. The van der Waals surface area contributed by atoms with Gasteiger partial charge in [0.1, 0.15) is 12.6 Å². The summed E-state index contributed by atoms with van der Waals surface area (Å²) < 4.78 is 6.88. The van der Waals surface area contributed by atoms with Gasteiger partial charge in [-0.3, -0.25) is 9.48 Å². The average molecular weight is 357 g/mol. The molecule has 0 saturated heterocycles. The molecule has 0 aliphatic heterocycles. The van der Waals surface area contributed by atoms with Gasteiger partial charge in [0.25, 0.3) is 0 Å². The SMILES string of the molecule is Cc1ccc(CCC(=O)NCCOC(=O)C(C)n2nc(C)cc2C)cc1. The number of nitrogens with one attached hydrogen (secondary N) is 1. The number of carbonyl (C=O) groups excluding carboxylic acids is 2. The van der Waals surface area contributed by atoms with Crippen molar-refractivity contribution in [3.05, 3.63) is 52.8 Å². The van der Waals surface area contributed by atoms with E-state index < -0.39 is 6.04 Å². The molecule has 26 heavy (non-hydrogen) atoms. The third-order valence-electron chi connectivity index (χ3n) is 4.18. The van der Waals surface area contributed by atoms with Crippen LogP contribution in [0.3, 0.4) is 0 Å². The molecule has 0 spiro atoms. The summed E-state index contributed by atoms with van der Waals surface area (Å²) in [5.41, 5.74) is 4.12. The van der Waals surface area contributed by atoms with Gasteiger partial charge in [-0.1, -0.05) is 29.8 Å². The molecular formula is C20H27N3O3. The molecule has 1 aromatic carbocycles. The third-order valence-corrected chi connectivity index (χ3v) is 4.18. The monoisotopic (exact) mass is 357 g/mol. The van der Waals surface area contributed by atoms with Gasteiger partial charge in [-0.05, 0) is 45.7 Å². The highest BCUT2D eigenvalue weighted by Crippen LogP contribution is 2.12. The molecule has 2 aromatic rings. The Morgan fingerprint density at radius 2 is 1.88 bits per heavy atom. The number of aryl methyl sites for hydroxylation is 4. The van der Waals surface area contributed by atoms with E-state index in [1.807, 2.05) is 51.1 Å². The van der Waals surface area contributed by atoms with Gasteiger partial charge < -0.3 is 10.1 Å². The highest BCUT2D eigenvalue weighted by molar-refractivity contribution is 5.76. The minimum Gasteiger partial charge on any atom is -0.462 e. The van der Waals surface area contributed by atoms with E-state index in [2.05, 4.69) is 10.4 Å². The van der Waals surface area contributed by atoms with Gasteiger partial charge >= 0.3 is 5.97 Å². The number of hydrogen-bond donors (Lipinski definition) is 1. The number of ether oxygens (including phenoxy) is 1. The van der Waals surface area contributed by atoms with E-state index in [9.17, 15) is 9.59 Å². The molecule has 6 nitrogen and oxygen atoms in total. The highest BCUT2D eigenvalue weighted by Gasteiger charge is 2.19. The Hall–Kier alpha value is -2.63. The second-order valence-electron chi connectivity index (χ2n) is 6.55. The topological polar surface area (TPSA) is 73.2 Å². The summed E-state index contributed by atoms with van der Waals surface area (Å²) in [5.74, 6) is -0.404. The predicted molar refractivity (Wildman–Crippen MR) is 99.9 cm³/mol. The van der Waals surface area contributed by atoms with E-state index >= 15 is 0 Å². The van der Waals surface area contributed by atoms with Crippen LogP contribution >= 0.6 is 0 Å². The summed E-state index contributed by atoms with van der Waals surface area (Å²) in [7, 11) is 0. The molecule has 0 aliphatic carbocycles. The maximum atomic E-state index is 12.1. The zero-order valence-corrected chi connectivity index (χ0v) is 15.9. The van der Waals surface area contributed by atoms with Crippen LogP contribution in [0.15, 0.2) is 30.3 Å². The molecule has 0 bridgehead atoms. The lowest BCUT2D eigenvalue weighted by Gasteiger charge is -2.14. The largest absolute Gasteiger partial charge is 0.462 e. The van der Waals surface area contributed by atoms with Gasteiger partial charge in [-0.15, -0.1) is 0 Å². The summed E-state index contributed by atoms with van der Waals surface area (Å²) >= 11 is 0. The van der Waals surface area contributed by atoms with E-state index in [-0.39, 0.29) is 18.5 Å². The predicted octanol–water partition coefficient (Wildman–Crippen LogP) is 2.66. The number of aromatic nitrogens is 2. The fraction of sp³-hybridized carbons (Fsp3) is 0.450. The first-order valence-electron chi connectivity index (χ1n) is 8.88. The summed E-state index contributed by atoms with van der Waals surface area (Å²) in [6.07, 6.45) is 1.11. The van der Waals surface area contributed by atoms with Gasteiger partial charge in [-0.25, -0.2) is 4.79 Å². The molecule has 140 valence electrons. The van der Waals surface area contributed by atoms with Gasteiger partial charge in [0.05, 0.1) is 12.2 Å². The highest BCUT2D eigenvalue weighted by atomic mass is 16.5. The Labute approximate surface area is 154 Å². The number of benzene rings is 1. The van der Waals surface area contributed by atoms with Crippen molar-refractivity contribution < 1.29 is 14.3 Å². The number of amides is 1. The van der Waals surface area contributed by atoms with E-state index in [1.165, 1.54) is 5.56 Å². The fourth-order valence-electron chi connectivity index (χ4n) is 2.70. The first-order valence-corrected chi connectivity index (χ1v) is 8.88. The molecule has 1 aromatic heterocycles. The second-order valence-corrected chi connectivity index (χ2v) is 6.55. The normalized spacial score (nSPS) is 11.8. The molecule has 6 heteroatoms. The molecule has 1 N–H and O–H groups in total. The maximum absolute atomic E-state index is 12.1. The lowest BCUT2D eigenvalue weighted by Crippen LogP contribution is -2.29. The summed E-state index contributed by atoms with van der Waals surface area (Å²) in [5, 5.41) is 7.07. The molecule has 1 heterocycles. The van der Waals surface area contributed by atoms with Crippen molar-refractivity contribution in [1.82, 2.24) is 15.1 Å². The van der Waals surface area contributed by atoms with Crippen molar-refractivity contribution in [3.63, 3.8) is 0 Å². The first-order chi connectivity index (χ1) is 12.4. The molecule has 0 fully saturated rings. The van der Waals surface area contributed by atoms with E-state index in [0.29, 0.717) is 19.4 Å². The summed E-state index contributed by atoms with van der Waals surface area (Å²) in [6.45, 7) is 8.03. The molecule has 1 amide bonds. The van der Waals surface area contributed by atoms with Crippen LogP contribution < -0.4 is 5.32 Å². The average Bonchev–Trinajstić information content (AvgIpc) is 2.95. The quantitative estimate of drug-likeness (QED) is 0.582. The van der Waals surface area contributed by atoms with Crippen molar-refractivity contribution in [2.45, 2.75) is 46.6 Å². The number of nitrogens with zero attached hydrogens (tertiary/aromatic N) is 2. The van der Waals surface area contributed by atoms with E-state index in [1.54, 1.807) is 11.6 Å². The van der Waals surface area contributed by atoms with Crippen LogP contribution in [0.2, 0.25) is 0 Å². The molecule has 1 atom stereocenters. The van der Waals surface area contributed by atoms with Crippen molar-refractivity contribution in [3.8, 4) is 0 Å². The van der Waals surface area contributed by atoms with Crippen LogP contribution in [0.25, 0.3) is 0 Å². The smallest absolute Gasteiger partial charge is 0.330 e. The van der Waals surface area contributed by atoms with Gasteiger partial charge in [0, 0.05) is 12.1 Å². The van der Waals surface area contributed by atoms with Gasteiger partial charge in [0.2, 0.25) is 5.91 Å². The second kappa shape index (κ2) is 9.17. The number of hydrogen-bond acceptors (Lipinski definition) is 4. The van der Waals surface area contributed by atoms with Crippen LogP contribution in [0, 0.1) is 20.8 Å². The van der Waals surface area contributed by atoms with Crippen molar-refractivity contribution >= 4 is 11.9 Å². The molecule has 2 rings (SSSR count). The zero-order valence-electron chi connectivity index (χ0n) is 15.9. The third kappa shape index (κ3) is 5.72. The number of carbonyl (C=O) groups is 2. The molecule has 0 aliphatic rings. The molecule has 1 unspecified atom stereocenters. The standard InChI is InChI=1S/C20H27N3O3/c1-14-5-7-18(8-6-14)9-10-19(24)21-11-12-26-20(25)17(4)23-16(3)13-15(2)22-23/h5-8,13,17H,9-12H2,1-4H3,(H,21,24). The minimum atomic E-state index is -0.485. The van der Waals surface area contributed by atoms with Crippen LogP contribution in [0.5, 0.6) is 0 Å². The number of esters is 1. The van der Waals surface area contributed by atoms with E-state index in [4.69, 9.17) is 4.74 Å². The molecule has 0 radical (unpaired) electrons. The Morgan fingerprint density at radius 1 is 1.19 bits per heavy atom. The zero-order chi connectivity index (χ0) is 19.1. The van der Waals surface area contributed by atoms with E-state index in [0.717, 1.165) is 17.0 Å². The van der Waals surface area contributed by atoms with Crippen LogP contribution in [-0.4, -0.2) is 34.8 Å². The lowest BCUT2D eigenvalue weighted by molar-refractivity contribution is -0.147.